The lowest BCUT2D eigenvalue weighted by atomic mass is 10.1. The number of benzene rings is 2. The molecule has 2 aromatic carbocycles. The molecular weight excluding hydrogens is 336 g/mol. The minimum absolute atomic E-state index is 0.704. The minimum Gasteiger partial charge on any atom is -0.497 e. The fraction of sp³-hybridized carbons (Fsp3) is 0.136. The van der Waals surface area contributed by atoms with E-state index in [1.807, 2.05) is 72.1 Å². The summed E-state index contributed by atoms with van der Waals surface area (Å²) in [6.45, 7) is 4.11. The van der Waals surface area contributed by atoms with Crippen LogP contribution < -0.4 is 4.74 Å². The Hall–Kier alpha value is -3.47. The third-order valence-electron chi connectivity index (χ3n) is 4.47. The highest BCUT2D eigenvalue weighted by molar-refractivity contribution is 5.74. The van der Waals surface area contributed by atoms with Crippen LogP contribution in [0, 0.1) is 13.8 Å². The first kappa shape index (κ1) is 17.0. The molecule has 27 heavy (non-hydrogen) atoms. The van der Waals surface area contributed by atoms with Crippen molar-refractivity contribution in [2.24, 2.45) is 10.2 Å². The lowest BCUT2D eigenvalue weighted by Gasteiger charge is -2.03. The van der Waals surface area contributed by atoms with E-state index in [9.17, 15) is 0 Å². The molecule has 5 heteroatoms. The fourth-order valence-corrected chi connectivity index (χ4v) is 3.04. The molecule has 5 nitrogen and oxygen atoms in total. The molecule has 0 bridgehead atoms. The summed E-state index contributed by atoms with van der Waals surface area (Å²) in [5, 5.41) is 9.07. The van der Waals surface area contributed by atoms with Crippen molar-refractivity contribution in [3.63, 3.8) is 0 Å². The summed E-state index contributed by atoms with van der Waals surface area (Å²) in [5.74, 6) is 1.51. The second-order valence-electron chi connectivity index (χ2n) is 6.43. The molecule has 0 aliphatic rings. The van der Waals surface area contributed by atoms with Crippen LogP contribution in [0.4, 0.5) is 11.5 Å². The van der Waals surface area contributed by atoms with Crippen LogP contribution in [0.5, 0.6) is 5.75 Å². The van der Waals surface area contributed by atoms with Gasteiger partial charge in [0.05, 0.1) is 12.8 Å². The van der Waals surface area contributed by atoms with Gasteiger partial charge in [0, 0.05) is 11.8 Å². The zero-order valence-electron chi connectivity index (χ0n) is 15.5. The third kappa shape index (κ3) is 3.31. The van der Waals surface area contributed by atoms with Crippen LogP contribution in [0.3, 0.4) is 0 Å². The third-order valence-corrected chi connectivity index (χ3v) is 4.47. The van der Waals surface area contributed by atoms with E-state index in [-0.39, 0.29) is 0 Å². The monoisotopic (exact) mass is 356 g/mol. The smallest absolute Gasteiger partial charge is 0.187 e. The molecule has 0 N–H and O–H groups in total. The molecule has 0 atom stereocenters. The first-order chi connectivity index (χ1) is 13.2. The van der Waals surface area contributed by atoms with Crippen molar-refractivity contribution in [3.05, 3.63) is 78.0 Å². The van der Waals surface area contributed by atoms with Crippen LogP contribution in [0.1, 0.15) is 11.1 Å². The van der Waals surface area contributed by atoms with E-state index in [0.717, 1.165) is 33.9 Å². The molecule has 2 aromatic heterocycles. The summed E-state index contributed by atoms with van der Waals surface area (Å²) in [6, 6.07) is 19.8. The Morgan fingerprint density at radius 3 is 2.48 bits per heavy atom. The molecular formula is C22H20N4O. The summed E-state index contributed by atoms with van der Waals surface area (Å²) in [6.07, 6.45) is 1.95. The van der Waals surface area contributed by atoms with E-state index >= 15 is 0 Å². The van der Waals surface area contributed by atoms with E-state index in [2.05, 4.69) is 23.2 Å². The van der Waals surface area contributed by atoms with E-state index in [1.54, 1.807) is 7.11 Å². The Bertz CT molecular complexity index is 1130. The van der Waals surface area contributed by atoms with Gasteiger partial charge < -0.3 is 4.74 Å². The molecule has 0 aliphatic heterocycles. The predicted molar refractivity (Wildman–Crippen MR) is 107 cm³/mol. The van der Waals surface area contributed by atoms with Gasteiger partial charge in [0.1, 0.15) is 17.1 Å². The number of hydrogen-bond donors (Lipinski definition) is 0. The molecule has 4 aromatic rings. The van der Waals surface area contributed by atoms with Gasteiger partial charge >= 0.3 is 0 Å². The number of aromatic nitrogens is 2. The van der Waals surface area contributed by atoms with Crippen molar-refractivity contribution >= 4 is 17.2 Å². The van der Waals surface area contributed by atoms with E-state index in [1.165, 1.54) is 5.56 Å². The molecule has 134 valence electrons. The average Bonchev–Trinajstić information content (AvgIpc) is 3.06. The normalized spacial score (nSPS) is 11.4. The van der Waals surface area contributed by atoms with Gasteiger partial charge in [-0.3, -0.25) is 4.40 Å². The highest BCUT2D eigenvalue weighted by Gasteiger charge is 2.14. The van der Waals surface area contributed by atoms with Crippen LogP contribution in [-0.4, -0.2) is 16.5 Å². The van der Waals surface area contributed by atoms with Crippen LogP contribution >= 0.6 is 0 Å². The predicted octanol–water partition coefficient (Wildman–Crippen LogP) is 6.04. The standard InChI is InChI=1S/C22H20N4O/c1-15-7-12-19(16(2)14-15)24-25-22-21(17-8-10-18(27-3)11-9-17)23-20-6-4-5-13-26(20)22/h4-14H,1-3H3. The number of imidazole rings is 1. The van der Waals surface area contributed by atoms with Crippen LogP contribution in [0.15, 0.2) is 77.1 Å². The molecule has 0 amide bonds. The number of aryl methyl sites for hydroxylation is 2. The molecule has 2 heterocycles. The molecule has 0 fully saturated rings. The number of pyridine rings is 1. The molecule has 0 saturated heterocycles. The highest BCUT2D eigenvalue weighted by atomic mass is 16.5. The summed E-state index contributed by atoms with van der Waals surface area (Å²) >= 11 is 0. The van der Waals surface area contributed by atoms with Crippen LogP contribution in [0.2, 0.25) is 0 Å². The van der Waals surface area contributed by atoms with Gasteiger partial charge in [0.2, 0.25) is 0 Å². The van der Waals surface area contributed by atoms with Gasteiger partial charge in [-0.05, 0) is 61.9 Å². The number of azo groups is 1. The molecule has 4 rings (SSSR count). The van der Waals surface area contributed by atoms with Crippen molar-refractivity contribution in [3.8, 4) is 17.0 Å². The maximum absolute atomic E-state index is 5.25. The fourth-order valence-electron chi connectivity index (χ4n) is 3.04. The SMILES string of the molecule is COc1ccc(-c2nc3ccccn3c2N=Nc2ccc(C)cc2C)cc1. The Morgan fingerprint density at radius 1 is 0.926 bits per heavy atom. The largest absolute Gasteiger partial charge is 0.497 e. The van der Waals surface area contributed by atoms with E-state index in [4.69, 9.17) is 9.72 Å². The quantitative estimate of drug-likeness (QED) is 0.418. The maximum atomic E-state index is 5.25. The Kier molecular flexibility index (Phi) is 4.42. The second-order valence-corrected chi connectivity index (χ2v) is 6.43. The summed E-state index contributed by atoms with van der Waals surface area (Å²) in [5.41, 5.74) is 5.75. The molecule has 0 saturated carbocycles. The van der Waals surface area contributed by atoms with Gasteiger partial charge in [0.25, 0.3) is 0 Å². The number of ether oxygens (including phenoxy) is 1. The maximum Gasteiger partial charge on any atom is 0.187 e. The topological polar surface area (TPSA) is 51.2 Å². The second kappa shape index (κ2) is 7.03. The lowest BCUT2D eigenvalue weighted by Crippen LogP contribution is -1.84. The van der Waals surface area contributed by atoms with Gasteiger partial charge in [-0.15, -0.1) is 10.2 Å². The molecule has 0 unspecified atom stereocenters. The molecule has 0 spiro atoms. The Balaban J connectivity index is 1.83. The van der Waals surface area contributed by atoms with Crippen LogP contribution in [-0.2, 0) is 0 Å². The zero-order chi connectivity index (χ0) is 18.8. The first-order valence-electron chi connectivity index (χ1n) is 8.76. The van der Waals surface area contributed by atoms with Gasteiger partial charge in [-0.1, -0.05) is 23.8 Å². The van der Waals surface area contributed by atoms with Crippen LogP contribution in [0.25, 0.3) is 16.9 Å². The number of methoxy groups -OCH3 is 1. The Labute approximate surface area is 158 Å². The van der Waals surface area contributed by atoms with Gasteiger partial charge in [0.15, 0.2) is 5.82 Å². The number of nitrogens with zero attached hydrogens (tertiary/aromatic N) is 4. The van der Waals surface area contributed by atoms with Crippen molar-refractivity contribution < 1.29 is 4.74 Å². The minimum atomic E-state index is 0.704. The van der Waals surface area contributed by atoms with Gasteiger partial charge in [-0.25, -0.2) is 4.98 Å². The average molecular weight is 356 g/mol. The lowest BCUT2D eigenvalue weighted by molar-refractivity contribution is 0.415. The van der Waals surface area contributed by atoms with Crippen molar-refractivity contribution in [1.82, 2.24) is 9.38 Å². The first-order valence-corrected chi connectivity index (χ1v) is 8.76. The molecule has 0 aliphatic carbocycles. The Morgan fingerprint density at radius 2 is 1.74 bits per heavy atom. The summed E-state index contributed by atoms with van der Waals surface area (Å²) in [7, 11) is 1.66. The van der Waals surface area contributed by atoms with Gasteiger partial charge in [-0.2, -0.15) is 0 Å². The highest BCUT2D eigenvalue weighted by Crippen LogP contribution is 2.33. The van der Waals surface area contributed by atoms with E-state index in [0.29, 0.717) is 5.82 Å². The van der Waals surface area contributed by atoms with E-state index < -0.39 is 0 Å². The molecule has 0 radical (unpaired) electrons. The van der Waals surface area contributed by atoms with Crippen molar-refractivity contribution in [1.29, 1.82) is 0 Å². The van der Waals surface area contributed by atoms with Crippen molar-refractivity contribution in [2.75, 3.05) is 7.11 Å². The number of hydrogen-bond acceptors (Lipinski definition) is 4. The zero-order valence-corrected chi connectivity index (χ0v) is 15.5. The summed E-state index contributed by atoms with van der Waals surface area (Å²) in [4.78, 5) is 4.76. The summed E-state index contributed by atoms with van der Waals surface area (Å²) < 4.78 is 7.21. The number of rotatable bonds is 4. The van der Waals surface area contributed by atoms with Crippen molar-refractivity contribution in [2.45, 2.75) is 13.8 Å². The number of fused-ring (bicyclic) bond motifs is 1.